The van der Waals surface area contributed by atoms with Crippen LogP contribution in [0.25, 0.3) is 0 Å². The quantitative estimate of drug-likeness (QED) is 0.792. The summed E-state index contributed by atoms with van der Waals surface area (Å²) in [5.41, 5.74) is 4.50. The Kier molecular flexibility index (Phi) is 2.85. The lowest BCUT2D eigenvalue weighted by molar-refractivity contribution is -0.854. The van der Waals surface area contributed by atoms with Gasteiger partial charge < -0.3 is 10.3 Å². The second-order valence-electron chi connectivity index (χ2n) is 5.69. The maximum Gasteiger partial charge on any atom is 0.267 e. The third kappa shape index (κ3) is 1.80. The highest BCUT2D eigenvalue weighted by Crippen LogP contribution is 2.35. The smallest absolute Gasteiger partial charge is 0.267 e. The molecule has 0 saturated carbocycles. The molecule has 0 aromatic heterocycles. The SMILES string of the molecule is Cc1ccc(N2C(O)=C3CCc4ccccc4N3[NH+]2[O-])cc1. The van der Waals surface area contributed by atoms with Gasteiger partial charge in [0.05, 0.1) is 0 Å². The van der Waals surface area contributed by atoms with Gasteiger partial charge in [0, 0.05) is 6.42 Å². The Morgan fingerprint density at radius 1 is 1.00 bits per heavy atom. The summed E-state index contributed by atoms with van der Waals surface area (Å²) in [6.45, 7) is 1.99. The zero-order valence-corrected chi connectivity index (χ0v) is 12.3. The van der Waals surface area contributed by atoms with E-state index in [0.717, 1.165) is 23.2 Å². The van der Waals surface area contributed by atoms with Crippen LogP contribution in [0, 0.1) is 12.1 Å². The number of aryl methyl sites for hydroxylation is 2. The molecule has 1 unspecified atom stereocenters. The normalized spacial score (nSPS) is 20.2. The number of rotatable bonds is 1. The number of hydrogen-bond acceptors (Lipinski definition) is 4. The minimum Gasteiger partial charge on any atom is -0.581 e. The summed E-state index contributed by atoms with van der Waals surface area (Å²) < 4.78 is 0. The minimum atomic E-state index is -0.219. The first-order chi connectivity index (χ1) is 10.7. The molecule has 22 heavy (non-hydrogen) atoms. The molecule has 0 aliphatic carbocycles. The third-order valence-electron chi connectivity index (χ3n) is 4.28. The molecule has 0 fully saturated rings. The second-order valence-corrected chi connectivity index (χ2v) is 5.69. The van der Waals surface area contributed by atoms with E-state index in [2.05, 4.69) is 0 Å². The number of fused-ring (bicyclic) bond motifs is 3. The van der Waals surface area contributed by atoms with Crippen molar-refractivity contribution in [3.63, 3.8) is 0 Å². The van der Waals surface area contributed by atoms with E-state index in [1.165, 1.54) is 5.01 Å². The Bertz CT molecular complexity index is 755. The first kappa shape index (κ1) is 13.2. The van der Waals surface area contributed by atoms with Crippen LogP contribution in [-0.2, 0) is 6.42 Å². The standard InChI is InChI=1S/C17H17N3O2/c1-12-6-9-14(10-7-12)18-17(21)16-11-8-13-4-2-3-5-15(13)19(16)20(18)22/h2-7,9-10,20-21H,8,11H2,1H3. The monoisotopic (exact) mass is 295 g/mol. The molecule has 0 saturated heterocycles. The second kappa shape index (κ2) is 4.76. The van der Waals surface area contributed by atoms with Crippen molar-refractivity contribution in [2.45, 2.75) is 19.8 Å². The molecular weight excluding hydrogens is 278 g/mol. The van der Waals surface area contributed by atoms with E-state index in [9.17, 15) is 10.3 Å². The highest BCUT2D eigenvalue weighted by Gasteiger charge is 2.41. The van der Waals surface area contributed by atoms with Gasteiger partial charge in [-0.05, 0) is 37.1 Å². The van der Waals surface area contributed by atoms with E-state index < -0.39 is 0 Å². The number of hydrogen-bond donors (Lipinski definition) is 2. The molecule has 5 nitrogen and oxygen atoms in total. The average molecular weight is 295 g/mol. The van der Waals surface area contributed by atoms with E-state index in [-0.39, 0.29) is 11.2 Å². The predicted octanol–water partition coefficient (Wildman–Crippen LogP) is 2.21. The summed E-state index contributed by atoms with van der Waals surface area (Å²) in [5.74, 6) is 0.0448. The first-order valence-electron chi connectivity index (χ1n) is 7.38. The van der Waals surface area contributed by atoms with E-state index in [1.807, 2.05) is 55.5 Å². The fourth-order valence-corrected chi connectivity index (χ4v) is 3.13. The van der Waals surface area contributed by atoms with Gasteiger partial charge in [0.25, 0.3) is 5.88 Å². The number of allylic oxidation sites excluding steroid dienone is 1. The van der Waals surface area contributed by atoms with Crippen LogP contribution in [0.4, 0.5) is 11.4 Å². The lowest BCUT2D eigenvalue weighted by Crippen LogP contribution is -3.19. The number of nitrogens with one attached hydrogen (secondary N) is 1. The highest BCUT2D eigenvalue weighted by atomic mass is 16.6. The third-order valence-corrected chi connectivity index (χ3v) is 4.28. The lowest BCUT2D eigenvalue weighted by atomic mass is 10.0. The van der Waals surface area contributed by atoms with Crippen LogP contribution in [0.3, 0.4) is 0 Å². The molecule has 4 rings (SSSR count). The Balaban J connectivity index is 1.80. The summed E-state index contributed by atoms with van der Waals surface area (Å²) >= 11 is 0. The molecule has 112 valence electrons. The maximum absolute atomic E-state index is 12.8. The van der Waals surface area contributed by atoms with Crippen LogP contribution in [-0.4, -0.2) is 5.11 Å². The molecule has 2 aromatic carbocycles. The summed E-state index contributed by atoms with van der Waals surface area (Å²) in [4.78, 5) is 0. The van der Waals surface area contributed by atoms with Crippen LogP contribution in [0.15, 0.2) is 60.1 Å². The van der Waals surface area contributed by atoms with Gasteiger partial charge in [-0.1, -0.05) is 35.9 Å². The summed E-state index contributed by atoms with van der Waals surface area (Å²) in [5, 5.41) is 26.2. The zero-order valence-electron chi connectivity index (χ0n) is 12.3. The van der Waals surface area contributed by atoms with Gasteiger partial charge in [-0.2, -0.15) is 10.3 Å². The van der Waals surface area contributed by atoms with Crippen molar-refractivity contribution < 1.29 is 10.4 Å². The molecule has 0 spiro atoms. The molecule has 2 heterocycles. The van der Waals surface area contributed by atoms with Gasteiger partial charge in [0.2, 0.25) is 0 Å². The van der Waals surface area contributed by atoms with Gasteiger partial charge in [0.1, 0.15) is 17.1 Å². The Morgan fingerprint density at radius 2 is 1.73 bits per heavy atom. The van der Waals surface area contributed by atoms with Crippen LogP contribution >= 0.6 is 0 Å². The van der Waals surface area contributed by atoms with Gasteiger partial charge >= 0.3 is 0 Å². The highest BCUT2D eigenvalue weighted by molar-refractivity contribution is 5.62. The molecule has 0 bridgehead atoms. The van der Waals surface area contributed by atoms with Crippen molar-refractivity contribution in [2.24, 2.45) is 0 Å². The number of anilines is 2. The zero-order chi connectivity index (χ0) is 15.3. The predicted molar refractivity (Wildman–Crippen MR) is 84.9 cm³/mol. The summed E-state index contributed by atoms with van der Waals surface area (Å²) in [6.07, 6.45) is 1.50. The number of para-hydroxylation sites is 1. The van der Waals surface area contributed by atoms with Crippen molar-refractivity contribution in [1.82, 2.24) is 0 Å². The van der Waals surface area contributed by atoms with Crippen molar-refractivity contribution in [3.8, 4) is 0 Å². The van der Waals surface area contributed by atoms with Crippen LogP contribution in [0.5, 0.6) is 0 Å². The van der Waals surface area contributed by atoms with Gasteiger partial charge in [-0.15, -0.1) is 5.01 Å². The fraction of sp³-hybridized carbons (Fsp3) is 0.176. The van der Waals surface area contributed by atoms with Crippen molar-refractivity contribution in [2.75, 3.05) is 10.0 Å². The van der Waals surface area contributed by atoms with Gasteiger partial charge in [-0.3, -0.25) is 0 Å². The number of aliphatic hydroxyl groups is 1. The molecule has 0 radical (unpaired) electrons. The van der Waals surface area contributed by atoms with Gasteiger partial charge in [0.15, 0.2) is 0 Å². The van der Waals surface area contributed by atoms with Crippen LogP contribution < -0.4 is 15.3 Å². The molecule has 2 aromatic rings. The van der Waals surface area contributed by atoms with Crippen molar-refractivity contribution >= 4 is 11.4 Å². The molecule has 5 heteroatoms. The number of quaternary nitrogens is 1. The molecule has 2 N–H and O–H groups in total. The van der Waals surface area contributed by atoms with E-state index in [1.54, 1.807) is 5.01 Å². The molecule has 2 aliphatic heterocycles. The average Bonchev–Trinajstić information content (AvgIpc) is 2.80. The number of aliphatic hydroxyl groups excluding tert-OH is 1. The molecular formula is C17H17N3O2. The van der Waals surface area contributed by atoms with Crippen LogP contribution in [0.2, 0.25) is 0 Å². The van der Waals surface area contributed by atoms with E-state index in [4.69, 9.17) is 0 Å². The largest absolute Gasteiger partial charge is 0.581 e. The summed E-state index contributed by atoms with van der Waals surface area (Å²) in [6, 6.07) is 15.4. The molecule has 0 amide bonds. The number of benzene rings is 2. The van der Waals surface area contributed by atoms with E-state index >= 15 is 0 Å². The summed E-state index contributed by atoms with van der Waals surface area (Å²) in [7, 11) is 0. The minimum absolute atomic E-state index is 0.0448. The first-order valence-corrected chi connectivity index (χ1v) is 7.38. The van der Waals surface area contributed by atoms with E-state index in [0.29, 0.717) is 17.8 Å². The van der Waals surface area contributed by atoms with Crippen LogP contribution in [0.1, 0.15) is 17.5 Å². The Hall–Kier alpha value is -2.50. The maximum atomic E-state index is 12.8. The van der Waals surface area contributed by atoms with Gasteiger partial charge in [-0.25, -0.2) is 0 Å². The van der Waals surface area contributed by atoms with Crippen molar-refractivity contribution in [3.05, 3.63) is 76.4 Å². The van der Waals surface area contributed by atoms with Crippen molar-refractivity contribution in [1.29, 1.82) is 0 Å². The fourth-order valence-electron chi connectivity index (χ4n) is 3.13. The molecule has 1 atom stereocenters. The Morgan fingerprint density at radius 3 is 2.50 bits per heavy atom. The molecule has 2 aliphatic rings. The topological polar surface area (TPSA) is 54.2 Å². The number of nitrogens with zero attached hydrogens (tertiary/aromatic N) is 2. The Labute approximate surface area is 128 Å². The lowest BCUT2D eigenvalue weighted by Gasteiger charge is -2.36.